The molecular formula is C55H37N5. The minimum Gasteiger partial charge on any atom is -0.228 e. The van der Waals surface area contributed by atoms with E-state index in [1.54, 1.807) is 0 Å². The van der Waals surface area contributed by atoms with Gasteiger partial charge < -0.3 is 0 Å². The third-order valence-corrected chi connectivity index (χ3v) is 10.6. The first-order valence-corrected chi connectivity index (χ1v) is 20.0. The van der Waals surface area contributed by atoms with E-state index in [9.17, 15) is 0 Å². The molecule has 0 spiro atoms. The predicted molar refractivity (Wildman–Crippen MR) is 244 cm³/mol. The molecule has 0 saturated carbocycles. The average molecular weight is 768 g/mol. The van der Waals surface area contributed by atoms with Gasteiger partial charge >= 0.3 is 0 Å². The van der Waals surface area contributed by atoms with E-state index in [2.05, 4.69) is 127 Å². The van der Waals surface area contributed by atoms with Crippen LogP contribution in [0.25, 0.3) is 101 Å². The number of hydrogen-bond acceptors (Lipinski definition) is 5. The van der Waals surface area contributed by atoms with Crippen LogP contribution in [0.15, 0.2) is 224 Å². The lowest BCUT2D eigenvalue weighted by Crippen LogP contribution is -2.00. The molecule has 5 nitrogen and oxygen atoms in total. The lowest BCUT2D eigenvalue weighted by atomic mass is 9.88. The lowest BCUT2D eigenvalue weighted by molar-refractivity contribution is 1.07. The molecule has 0 N–H and O–H groups in total. The Kier molecular flexibility index (Phi) is 9.88. The maximum absolute atomic E-state index is 5.12. The van der Waals surface area contributed by atoms with Crippen molar-refractivity contribution in [2.24, 2.45) is 0 Å². The summed E-state index contributed by atoms with van der Waals surface area (Å²) >= 11 is 0. The second-order valence-corrected chi connectivity index (χ2v) is 14.5. The van der Waals surface area contributed by atoms with Crippen LogP contribution in [0.1, 0.15) is 0 Å². The molecule has 60 heavy (non-hydrogen) atoms. The van der Waals surface area contributed by atoms with Gasteiger partial charge in [0.2, 0.25) is 0 Å². The van der Waals surface area contributed by atoms with Gasteiger partial charge in [-0.2, -0.15) is 0 Å². The number of rotatable bonds is 9. The fourth-order valence-corrected chi connectivity index (χ4v) is 7.62. The van der Waals surface area contributed by atoms with Gasteiger partial charge in [-0.25, -0.2) is 24.9 Å². The molecule has 0 aliphatic carbocycles. The monoisotopic (exact) mass is 767 g/mol. The van der Waals surface area contributed by atoms with Crippen molar-refractivity contribution in [2.75, 3.05) is 0 Å². The average Bonchev–Trinajstić information content (AvgIpc) is 3.35. The van der Waals surface area contributed by atoms with Gasteiger partial charge in [0.25, 0.3) is 0 Å². The minimum absolute atomic E-state index is 0.620. The molecule has 2 heterocycles. The van der Waals surface area contributed by atoms with Crippen molar-refractivity contribution in [3.63, 3.8) is 0 Å². The molecular weight excluding hydrogens is 731 g/mol. The molecule has 0 radical (unpaired) electrons. The molecule has 2 aromatic heterocycles. The Bertz CT molecular complexity index is 2750. The number of hydrogen-bond donors (Lipinski definition) is 0. The maximum Gasteiger partial charge on any atom is 0.164 e. The van der Waals surface area contributed by atoms with Crippen LogP contribution in [-0.2, 0) is 0 Å². The van der Waals surface area contributed by atoms with E-state index in [-0.39, 0.29) is 0 Å². The van der Waals surface area contributed by atoms with E-state index < -0.39 is 0 Å². The SMILES string of the molecule is c1ccc(-c2cc(-c3cccc(-c4ccccc4-c4ccccc4-c4cccc(-c5nc(-c6ccccc6)nc(-c6ccccc6)n5)c4)c3)nc(-c3ccccc3)n2)cc1. The first kappa shape index (κ1) is 36.2. The van der Waals surface area contributed by atoms with Crippen LogP contribution in [0, 0.1) is 0 Å². The van der Waals surface area contributed by atoms with Gasteiger partial charge in [-0.1, -0.05) is 206 Å². The summed E-state index contributed by atoms with van der Waals surface area (Å²) in [6, 6.07) is 77.1. The maximum atomic E-state index is 5.12. The summed E-state index contributed by atoms with van der Waals surface area (Å²) < 4.78 is 0. The molecule has 0 fully saturated rings. The molecule has 10 rings (SSSR count). The van der Waals surface area contributed by atoms with Crippen molar-refractivity contribution >= 4 is 0 Å². The molecule has 0 saturated heterocycles. The normalized spacial score (nSPS) is 11.0. The Morgan fingerprint density at radius 1 is 0.183 bits per heavy atom. The van der Waals surface area contributed by atoms with E-state index in [0.29, 0.717) is 23.3 Å². The summed E-state index contributed by atoms with van der Waals surface area (Å²) in [6.45, 7) is 0. The van der Waals surface area contributed by atoms with Gasteiger partial charge in [0, 0.05) is 33.4 Å². The Hall–Kier alpha value is -8.15. The smallest absolute Gasteiger partial charge is 0.164 e. The van der Waals surface area contributed by atoms with Crippen LogP contribution >= 0.6 is 0 Å². The van der Waals surface area contributed by atoms with Crippen LogP contribution in [-0.4, -0.2) is 24.9 Å². The zero-order valence-corrected chi connectivity index (χ0v) is 32.6. The number of nitrogens with zero attached hydrogens (tertiary/aromatic N) is 5. The van der Waals surface area contributed by atoms with Crippen molar-refractivity contribution in [3.8, 4) is 101 Å². The van der Waals surface area contributed by atoms with Crippen LogP contribution in [0.2, 0.25) is 0 Å². The van der Waals surface area contributed by atoms with Gasteiger partial charge in [0.05, 0.1) is 11.4 Å². The zero-order chi connectivity index (χ0) is 40.1. The van der Waals surface area contributed by atoms with Crippen molar-refractivity contribution < 1.29 is 0 Å². The van der Waals surface area contributed by atoms with E-state index in [0.717, 1.165) is 78.1 Å². The molecule has 0 amide bonds. The van der Waals surface area contributed by atoms with Gasteiger partial charge in [-0.05, 0) is 51.6 Å². The number of aromatic nitrogens is 5. The topological polar surface area (TPSA) is 64.5 Å². The van der Waals surface area contributed by atoms with Crippen molar-refractivity contribution in [1.82, 2.24) is 24.9 Å². The second-order valence-electron chi connectivity index (χ2n) is 14.5. The molecule has 0 bridgehead atoms. The van der Waals surface area contributed by atoms with E-state index in [4.69, 9.17) is 24.9 Å². The molecule has 0 aliphatic rings. The zero-order valence-electron chi connectivity index (χ0n) is 32.6. The second kappa shape index (κ2) is 16.4. The lowest BCUT2D eigenvalue weighted by Gasteiger charge is -2.16. The standard InChI is InChI=1S/C55H37N5/c1-5-19-38(20-6-1)50-37-51(57-52(56-50)39-21-7-2-8-22-39)44-29-17-27-42(35-44)46-31-13-15-33-48(46)49-34-16-14-32-47(49)43-28-18-30-45(36-43)55-59-53(40-23-9-3-10-24-40)58-54(60-55)41-25-11-4-12-26-41/h1-37H. The summed E-state index contributed by atoms with van der Waals surface area (Å²) in [7, 11) is 0. The Morgan fingerprint density at radius 3 is 0.950 bits per heavy atom. The Balaban J connectivity index is 1.05. The van der Waals surface area contributed by atoms with Crippen LogP contribution in [0.5, 0.6) is 0 Å². The number of benzene rings is 8. The Morgan fingerprint density at radius 2 is 0.483 bits per heavy atom. The molecule has 8 aromatic carbocycles. The van der Waals surface area contributed by atoms with Gasteiger partial charge in [0.1, 0.15) is 0 Å². The van der Waals surface area contributed by atoms with E-state index >= 15 is 0 Å². The van der Waals surface area contributed by atoms with Gasteiger partial charge in [-0.15, -0.1) is 0 Å². The van der Waals surface area contributed by atoms with Crippen LogP contribution in [0.3, 0.4) is 0 Å². The quantitative estimate of drug-likeness (QED) is 0.146. The van der Waals surface area contributed by atoms with Gasteiger partial charge in [0.15, 0.2) is 23.3 Å². The largest absolute Gasteiger partial charge is 0.228 e. The highest BCUT2D eigenvalue weighted by Gasteiger charge is 2.17. The van der Waals surface area contributed by atoms with E-state index in [1.165, 1.54) is 0 Å². The third-order valence-electron chi connectivity index (χ3n) is 10.6. The Labute approximate surface area is 349 Å². The molecule has 0 aliphatic heterocycles. The highest BCUT2D eigenvalue weighted by atomic mass is 15.0. The molecule has 0 atom stereocenters. The molecule has 5 heteroatoms. The summed E-state index contributed by atoms with van der Waals surface area (Å²) in [4.78, 5) is 25.1. The van der Waals surface area contributed by atoms with Crippen molar-refractivity contribution in [1.29, 1.82) is 0 Å². The molecule has 0 unspecified atom stereocenters. The first-order chi connectivity index (χ1) is 29.7. The van der Waals surface area contributed by atoms with Gasteiger partial charge in [-0.3, -0.25) is 0 Å². The van der Waals surface area contributed by atoms with Crippen LogP contribution < -0.4 is 0 Å². The van der Waals surface area contributed by atoms with E-state index in [1.807, 2.05) is 97.1 Å². The fourth-order valence-electron chi connectivity index (χ4n) is 7.62. The third kappa shape index (κ3) is 7.51. The highest BCUT2D eigenvalue weighted by molar-refractivity contribution is 5.93. The summed E-state index contributed by atoms with van der Waals surface area (Å²) in [5.74, 6) is 2.58. The summed E-state index contributed by atoms with van der Waals surface area (Å²) in [6.07, 6.45) is 0. The summed E-state index contributed by atoms with van der Waals surface area (Å²) in [5, 5.41) is 0. The molecule has 10 aromatic rings. The highest BCUT2D eigenvalue weighted by Crippen LogP contribution is 2.40. The minimum atomic E-state index is 0.620. The fraction of sp³-hybridized carbons (Fsp3) is 0. The molecule has 282 valence electrons. The van der Waals surface area contributed by atoms with Crippen LogP contribution in [0.4, 0.5) is 0 Å². The first-order valence-electron chi connectivity index (χ1n) is 20.0. The van der Waals surface area contributed by atoms with Crippen molar-refractivity contribution in [3.05, 3.63) is 224 Å². The summed E-state index contributed by atoms with van der Waals surface area (Å²) in [5.41, 5.74) is 14.2. The van der Waals surface area contributed by atoms with Crippen molar-refractivity contribution in [2.45, 2.75) is 0 Å². The predicted octanol–water partition coefficient (Wildman–Crippen LogP) is 13.7.